The van der Waals surface area contributed by atoms with Crippen LogP contribution in [-0.4, -0.2) is 27.9 Å². The molecular formula is C24H23F4N3O3. The van der Waals surface area contributed by atoms with Crippen molar-refractivity contribution in [2.75, 3.05) is 5.32 Å². The number of alkyl halides is 3. The molecule has 6 nitrogen and oxygen atoms in total. The SMILES string of the molecule is O=C/C=C/CCCC(=O)Nc1cccn(Cc2cc3cc(F)cc(CCC(F)(F)F)c3[nH]2)c1=O. The van der Waals surface area contributed by atoms with Gasteiger partial charge in [0.15, 0.2) is 0 Å². The molecule has 0 saturated carbocycles. The molecule has 10 heteroatoms. The van der Waals surface area contributed by atoms with E-state index < -0.39 is 24.0 Å². The lowest BCUT2D eigenvalue weighted by Gasteiger charge is -2.09. The molecular weight excluding hydrogens is 454 g/mol. The fourth-order valence-electron chi connectivity index (χ4n) is 3.58. The van der Waals surface area contributed by atoms with Crippen LogP contribution in [0.15, 0.2) is 53.5 Å². The summed E-state index contributed by atoms with van der Waals surface area (Å²) in [5.74, 6) is -0.983. The lowest BCUT2D eigenvalue weighted by atomic mass is 10.1. The first-order valence-corrected chi connectivity index (χ1v) is 10.6. The van der Waals surface area contributed by atoms with Crippen LogP contribution < -0.4 is 10.9 Å². The molecule has 2 heterocycles. The van der Waals surface area contributed by atoms with Crippen LogP contribution in [0.3, 0.4) is 0 Å². The number of aromatic amines is 1. The van der Waals surface area contributed by atoms with Gasteiger partial charge in [0.25, 0.3) is 5.56 Å². The molecule has 0 fully saturated rings. The number of carbonyl (C=O) groups is 2. The predicted molar refractivity (Wildman–Crippen MR) is 120 cm³/mol. The molecule has 0 radical (unpaired) electrons. The summed E-state index contributed by atoms with van der Waals surface area (Å²) in [5.41, 5.74) is 0.723. The molecule has 0 atom stereocenters. The Morgan fingerprint density at radius 2 is 2.00 bits per heavy atom. The third kappa shape index (κ3) is 6.90. The first-order chi connectivity index (χ1) is 16.2. The Kier molecular flexibility index (Phi) is 8.04. The minimum atomic E-state index is -4.36. The highest BCUT2D eigenvalue weighted by Crippen LogP contribution is 2.27. The number of allylic oxidation sites excluding steroid dienone is 2. The highest BCUT2D eigenvalue weighted by molar-refractivity contribution is 5.90. The molecule has 2 aromatic heterocycles. The lowest BCUT2D eigenvalue weighted by molar-refractivity contribution is -0.134. The number of amides is 1. The van der Waals surface area contributed by atoms with Crippen LogP contribution in [0.25, 0.3) is 10.9 Å². The summed E-state index contributed by atoms with van der Waals surface area (Å²) in [6.07, 6.45) is 0.597. The van der Waals surface area contributed by atoms with Crippen molar-refractivity contribution in [3.8, 4) is 0 Å². The Balaban J connectivity index is 1.75. The number of aromatic nitrogens is 2. The number of H-pyrrole nitrogens is 1. The largest absolute Gasteiger partial charge is 0.389 e. The van der Waals surface area contributed by atoms with Gasteiger partial charge in [0.1, 0.15) is 17.8 Å². The van der Waals surface area contributed by atoms with E-state index >= 15 is 0 Å². The topological polar surface area (TPSA) is 84.0 Å². The van der Waals surface area contributed by atoms with Crippen LogP contribution in [0.5, 0.6) is 0 Å². The summed E-state index contributed by atoms with van der Waals surface area (Å²) < 4.78 is 53.2. The van der Waals surface area contributed by atoms with Crippen molar-refractivity contribution >= 4 is 28.8 Å². The van der Waals surface area contributed by atoms with Crippen LogP contribution >= 0.6 is 0 Å². The Morgan fingerprint density at radius 3 is 2.74 bits per heavy atom. The van der Waals surface area contributed by atoms with Gasteiger partial charge in [-0.05, 0) is 61.2 Å². The van der Waals surface area contributed by atoms with E-state index in [4.69, 9.17) is 0 Å². The summed E-state index contributed by atoms with van der Waals surface area (Å²) in [4.78, 5) is 38.1. The number of hydrogen-bond acceptors (Lipinski definition) is 3. The molecule has 3 aromatic rings. The number of carbonyl (C=O) groups excluding carboxylic acids is 2. The molecule has 0 aliphatic carbocycles. The van der Waals surface area contributed by atoms with Gasteiger partial charge in [-0.3, -0.25) is 14.4 Å². The molecule has 3 rings (SSSR count). The average Bonchev–Trinajstić information content (AvgIpc) is 3.16. The van der Waals surface area contributed by atoms with Gasteiger partial charge in [-0.15, -0.1) is 0 Å². The third-order valence-corrected chi connectivity index (χ3v) is 5.13. The second-order valence-electron chi connectivity index (χ2n) is 7.80. The first kappa shape index (κ1) is 24.9. The Morgan fingerprint density at radius 1 is 1.21 bits per heavy atom. The zero-order chi connectivity index (χ0) is 24.7. The van der Waals surface area contributed by atoms with Gasteiger partial charge >= 0.3 is 6.18 Å². The Bertz CT molecular complexity index is 1260. The zero-order valence-corrected chi connectivity index (χ0v) is 18.1. The minimum absolute atomic E-state index is 0.0496. The molecule has 0 unspecified atom stereocenters. The van der Waals surface area contributed by atoms with E-state index in [1.807, 2.05) is 0 Å². The van der Waals surface area contributed by atoms with Gasteiger partial charge < -0.3 is 14.9 Å². The van der Waals surface area contributed by atoms with Crippen molar-refractivity contribution in [3.63, 3.8) is 0 Å². The van der Waals surface area contributed by atoms with Crippen molar-refractivity contribution in [2.24, 2.45) is 0 Å². The fraction of sp³-hybridized carbons (Fsp3) is 0.292. The number of halogens is 4. The third-order valence-electron chi connectivity index (χ3n) is 5.13. The fourth-order valence-corrected chi connectivity index (χ4v) is 3.58. The van der Waals surface area contributed by atoms with Crippen LogP contribution in [0, 0.1) is 5.82 Å². The highest BCUT2D eigenvalue weighted by Gasteiger charge is 2.27. The maximum Gasteiger partial charge on any atom is 0.389 e. The summed E-state index contributed by atoms with van der Waals surface area (Å²) in [6.45, 7) is 0.0496. The van der Waals surface area contributed by atoms with Crippen molar-refractivity contribution in [1.82, 2.24) is 9.55 Å². The number of hydrogen-bond donors (Lipinski definition) is 2. The number of rotatable bonds is 10. The minimum Gasteiger partial charge on any atom is -0.357 e. The maximum atomic E-state index is 13.9. The van der Waals surface area contributed by atoms with E-state index in [1.54, 1.807) is 18.2 Å². The molecule has 0 spiro atoms. The van der Waals surface area contributed by atoms with Crippen LogP contribution in [-0.2, 0) is 22.6 Å². The molecule has 0 aliphatic heterocycles. The average molecular weight is 477 g/mol. The predicted octanol–water partition coefficient (Wildman–Crippen LogP) is 4.88. The van der Waals surface area contributed by atoms with E-state index in [0.717, 1.165) is 6.07 Å². The highest BCUT2D eigenvalue weighted by atomic mass is 19.4. The summed E-state index contributed by atoms with van der Waals surface area (Å²) in [7, 11) is 0. The number of aryl methyl sites for hydroxylation is 1. The normalized spacial score (nSPS) is 11.9. The van der Waals surface area contributed by atoms with Gasteiger partial charge in [-0.1, -0.05) is 6.08 Å². The number of benzene rings is 1. The number of unbranched alkanes of at least 4 members (excludes halogenated alkanes) is 1. The maximum absolute atomic E-state index is 13.9. The number of anilines is 1. The monoisotopic (exact) mass is 477 g/mol. The Hall–Kier alpha value is -3.69. The van der Waals surface area contributed by atoms with Crippen LogP contribution in [0.2, 0.25) is 0 Å². The van der Waals surface area contributed by atoms with E-state index in [9.17, 15) is 31.9 Å². The van der Waals surface area contributed by atoms with Gasteiger partial charge in [-0.2, -0.15) is 13.2 Å². The number of nitrogens with one attached hydrogen (secondary N) is 2. The van der Waals surface area contributed by atoms with Gasteiger partial charge in [0.05, 0.1) is 6.54 Å². The molecule has 180 valence electrons. The quantitative estimate of drug-likeness (QED) is 0.189. The molecule has 1 amide bonds. The number of fused-ring (bicyclic) bond motifs is 1. The van der Waals surface area contributed by atoms with Gasteiger partial charge in [-0.25, -0.2) is 4.39 Å². The van der Waals surface area contributed by atoms with E-state index in [-0.39, 0.29) is 36.5 Å². The van der Waals surface area contributed by atoms with Crippen molar-refractivity contribution < 1.29 is 27.2 Å². The smallest absolute Gasteiger partial charge is 0.357 e. The molecule has 0 saturated heterocycles. The van der Waals surface area contributed by atoms with Crippen LogP contribution in [0.1, 0.15) is 36.9 Å². The molecule has 0 aliphatic rings. The standard InChI is InChI=1S/C24H23F4N3O3/c25-18-12-16(8-9-24(26,27)28)22-17(13-18)14-19(29-22)15-31-10-5-6-20(23(31)34)30-21(33)7-3-1-2-4-11-32/h2,4-6,10-14,29H,1,3,7-9,15H2,(H,30,33)/b4-2+. The molecule has 2 N–H and O–H groups in total. The van der Waals surface area contributed by atoms with Crippen LogP contribution in [0.4, 0.5) is 23.2 Å². The second-order valence-corrected chi connectivity index (χ2v) is 7.80. The second kappa shape index (κ2) is 11.0. The van der Waals surface area contributed by atoms with E-state index in [2.05, 4.69) is 10.3 Å². The van der Waals surface area contributed by atoms with Gasteiger partial charge in [0, 0.05) is 35.6 Å². The van der Waals surface area contributed by atoms with Crippen molar-refractivity contribution in [2.45, 2.75) is 44.8 Å². The van der Waals surface area contributed by atoms with E-state index in [0.29, 0.717) is 35.7 Å². The molecule has 1 aromatic carbocycles. The van der Waals surface area contributed by atoms with Crippen molar-refractivity contribution in [3.05, 3.63) is 76.1 Å². The summed E-state index contributed by atoms with van der Waals surface area (Å²) in [5, 5.41) is 2.98. The molecule has 0 bridgehead atoms. The lowest BCUT2D eigenvalue weighted by Crippen LogP contribution is -2.25. The Labute approximate surface area is 192 Å². The zero-order valence-electron chi connectivity index (χ0n) is 18.1. The number of aldehydes is 1. The summed E-state index contributed by atoms with van der Waals surface area (Å²) >= 11 is 0. The first-order valence-electron chi connectivity index (χ1n) is 10.6. The number of pyridine rings is 1. The number of nitrogens with zero attached hydrogens (tertiary/aromatic N) is 1. The van der Waals surface area contributed by atoms with Gasteiger partial charge in [0.2, 0.25) is 5.91 Å². The van der Waals surface area contributed by atoms with E-state index in [1.165, 1.54) is 29.0 Å². The molecule has 34 heavy (non-hydrogen) atoms. The van der Waals surface area contributed by atoms with Crippen molar-refractivity contribution in [1.29, 1.82) is 0 Å². The summed E-state index contributed by atoms with van der Waals surface area (Å²) in [6, 6.07) is 6.93.